The number of carboxylic acids is 1. The first kappa shape index (κ1) is 32.0. The molecule has 2 unspecified atom stereocenters. The number of rotatable bonds is 2. The van der Waals surface area contributed by atoms with E-state index in [1.165, 1.54) is 27.8 Å². The van der Waals surface area contributed by atoms with E-state index in [9.17, 15) is 9.90 Å². The van der Waals surface area contributed by atoms with E-state index in [0.29, 0.717) is 12.8 Å². The number of nitrogens with zero attached hydrogens (tertiary/aromatic N) is 3. The summed E-state index contributed by atoms with van der Waals surface area (Å²) < 4.78 is 1.98. The van der Waals surface area contributed by atoms with Crippen molar-refractivity contribution in [3.63, 3.8) is 0 Å². The number of hydrogen-bond acceptors (Lipinski definition) is 4. The number of piperidine rings is 1. The van der Waals surface area contributed by atoms with Crippen molar-refractivity contribution in [1.82, 2.24) is 14.9 Å². The number of benzene rings is 2. The Labute approximate surface area is 289 Å². The Morgan fingerprint density at radius 3 is 1.84 bits per heavy atom. The third-order valence-electron chi connectivity index (χ3n) is 8.78. The number of carbonyl (C=O) groups is 1. The van der Waals surface area contributed by atoms with Crippen LogP contribution in [-0.4, -0.2) is 39.0 Å². The summed E-state index contributed by atoms with van der Waals surface area (Å²) >= 11 is 25.9. The van der Waals surface area contributed by atoms with Gasteiger partial charge in [-0.1, -0.05) is 35.3 Å². The average Bonchev–Trinajstić information content (AvgIpc) is 3.24. The number of fused-ring (bicyclic) bond motifs is 4. The number of pyridine rings is 2. The second kappa shape index (κ2) is 13.8. The lowest BCUT2D eigenvalue weighted by Crippen LogP contribution is -2.39. The molecule has 2 aromatic heterocycles. The molecule has 3 aliphatic rings. The molecule has 10 heteroatoms. The molecule has 1 N–H and O–H groups in total. The van der Waals surface area contributed by atoms with Crippen molar-refractivity contribution in [2.75, 3.05) is 13.1 Å². The fraction of sp³-hybridized carbons (Fsp3) is 0.324. The summed E-state index contributed by atoms with van der Waals surface area (Å²) in [6, 6.07) is 16.3. The SMILES string of the molecule is Clc1ccc2c(c1)CCc1cc(Br)cnc1C2Cl.O=C(O)C1CCN(C2c3ccc(Cl)cc3CCc3cc(Br)cnc32)CC1. The molecule has 2 atom stereocenters. The van der Waals surface area contributed by atoms with Gasteiger partial charge in [0.2, 0.25) is 0 Å². The Balaban J connectivity index is 0.000000167. The number of carboxylic acid groups (broad SMARTS) is 1. The molecule has 0 saturated carbocycles. The predicted octanol–water partition coefficient (Wildman–Crippen LogP) is 9.41. The van der Waals surface area contributed by atoms with Crippen LogP contribution in [0.3, 0.4) is 0 Å². The van der Waals surface area contributed by atoms with Crippen LogP contribution in [0.15, 0.2) is 69.9 Å². The molecule has 4 aromatic rings. The molecule has 44 heavy (non-hydrogen) atoms. The summed E-state index contributed by atoms with van der Waals surface area (Å²) in [5.41, 5.74) is 9.35. The van der Waals surface area contributed by atoms with Gasteiger partial charge in [-0.2, -0.15) is 0 Å². The molecule has 1 fully saturated rings. The molecule has 0 bridgehead atoms. The smallest absolute Gasteiger partial charge is 0.306 e. The number of likely N-dealkylation sites (tertiary alicyclic amines) is 1. The highest BCUT2D eigenvalue weighted by atomic mass is 79.9. The van der Waals surface area contributed by atoms with E-state index in [0.717, 1.165) is 74.7 Å². The molecule has 0 spiro atoms. The van der Waals surface area contributed by atoms with Crippen molar-refractivity contribution in [1.29, 1.82) is 0 Å². The summed E-state index contributed by atoms with van der Waals surface area (Å²) in [6.07, 6.45) is 8.77. The van der Waals surface area contributed by atoms with E-state index in [4.69, 9.17) is 39.8 Å². The lowest BCUT2D eigenvalue weighted by atomic mass is 9.91. The maximum absolute atomic E-state index is 11.3. The lowest BCUT2D eigenvalue weighted by Gasteiger charge is -2.37. The molecular formula is C34H30Br2Cl3N3O2. The van der Waals surface area contributed by atoms with Gasteiger partial charge >= 0.3 is 5.97 Å². The molecule has 7 rings (SSSR count). The van der Waals surface area contributed by atoms with E-state index in [1.54, 1.807) is 6.20 Å². The molecule has 1 saturated heterocycles. The highest BCUT2D eigenvalue weighted by Crippen LogP contribution is 2.40. The summed E-state index contributed by atoms with van der Waals surface area (Å²) in [5, 5.41) is 10.6. The Morgan fingerprint density at radius 1 is 0.750 bits per heavy atom. The normalized spacial score (nSPS) is 19.7. The number of aryl methyl sites for hydroxylation is 4. The number of alkyl halides is 1. The highest BCUT2D eigenvalue weighted by molar-refractivity contribution is 9.10. The van der Waals surface area contributed by atoms with Crippen molar-refractivity contribution in [3.8, 4) is 0 Å². The first-order valence-corrected chi connectivity index (χ1v) is 17.4. The van der Waals surface area contributed by atoms with Crippen LogP contribution in [-0.2, 0) is 30.5 Å². The molecule has 1 aliphatic heterocycles. The topological polar surface area (TPSA) is 66.3 Å². The van der Waals surface area contributed by atoms with E-state index < -0.39 is 5.97 Å². The standard InChI is InChI=1S/C20H20BrClN2O2.C14H10BrCl2N/c21-15-9-14-2-1-13-10-16(22)3-4-17(13)19(18(14)23-11-15)24-7-5-12(6-8-24)20(25)26;15-10-5-9-2-1-8-6-11(16)3-4-12(8)13(17)14(9)18-7-10/h3-4,9-12,19H,1-2,5-8H2,(H,25,26);3-7,13H,1-2H2. The minimum absolute atomic E-state index is 0.0580. The molecule has 5 nitrogen and oxygen atoms in total. The number of aliphatic carboxylic acids is 1. The zero-order chi connectivity index (χ0) is 31.0. The van der Waals surface area contributed by atoms with Gasteiger partial charge in [0.15, 0.2) is 0 Å². The Morgan fingerprint density at radius 2 is 1.25 bits per heavy atom. The maximum Gasteiger partial charge on any atom is 0.306 e. The van der Waals surface area contributed by atoms with Gasteiger partial charge in [-0.15, -0.1) is 11.6 Å². The van der Waals surface area contributed by atoms with Gasteiger partial charge < -0.3 is 5.11 Å². The zero-order valence-electron chi connectivity index (χ0n) is 23.7. The summed E-state index contributed by atoms with van der Waals surface area (Å²) in [4.78, 5) is 22.9. The number of hydrogen-bond donors (Lipinski definition) is 1. The first-order chi connectivity index (χ1) is 21.2. The average molecular weight is 779 g/mol. The maximum atomic E-state index is 11.3. The monoisotopic (exact) mass is 775 g/mol. The molecule has 2 aliphatic carbocycles. The van der Waals surface area contributed by atoms with E-state index in [2.05, 4.69) is 66.0 Å². The molecule has 0 radical (unpaired) electrons. The van der Waals surface area contributed by atoms with Crippen LogP contribution >= 0.6 is 66.7 Å². The number of aromatic nitrogens is 2. The quantitative estimate of drug-likeness (QED) is 0.206. The number of halogens is 5. The highest BCUT2D eigenvalue weighted by Gasteiger charge is 2.34. The summed E-state index contributed by atoms with van der Waals surface area (Å²) in [6.45, 7) is 1.53. The van der Waals surface area contributed by atoms with Gasteiger partial charge in [0, 0.05) is 31.4 Å². The van der Waals surface area contributed by atoms with Gasteiger partial charge in [-0.05, 0) is 153 Å². The van der Waals surface area contributed by atoms with Crippen LogP contribution in [0.5, 0.6) is 0 Å². The Hall–Kier alpha value is -2.00. The van der Waals surface area contributed by atoms with E-state index >= 15 is 0 Å². The minimum atomic E-state index is -0.680. The molecule has 3 heterocycles. The second-order valence-electron chi connectivity index (χ2n) is 11.5. The predicted molar refractivity (Wildman–Crippen MR) is 183 cm³/mol. The van der Waals surface area contributed by atoms with Crippen molar-refractivity contribution in [2.24, 2.45) is 5.92 Å². The van der Waals surface area contributed by atoms with E-state index in [-0.39, 0.29) is 17.3 Å². The van der Waals surface area contributed by atoms with Crippen LogP contribution in [0.25, 0.3) is 0 Å². The largest absolute Gasteiger partial charge is 0.481 e. The fourth-order valence-electron chi connectivity index (χ4n) is 6.56. The van der Waals surface area contributed by atoms with Crippen LogP contribution in [0.2, 0.25) is 10.0 Å². The van der Waals surface area contributed by atoms with Crippen LogP contribution < -0.4 is 0 Å². The molecule has 2 aromatic carbocycles. The summed E-state index contributed by atoms with van der Waals surface area (Å²) in [5.74, 6) is -0.917. The van der Waals surface area contributed by atoms with Crippen LogP contribution in [0.1, 0.15) is 69.0 Å². The van der Waals surface area contributed by atoms with Crippen molar-refractivity contribution >= 4 is 72.6 Å². The Bertz CT molecular complexity index is 1600. The minimum Gasteiger partial charge on any atom is -0.481 e. The third-order valence-corrected chi connectivity index (χ3v) is 10.6. The van der Waals surface area contributed by atoms with Crippen molar-refractivity contribution < 1.29 is 9.90 Å². The van der Waals surface area contributed by atoms with Gasteiger partial charge in [0.1, 0.15) is 5.38 Å². The van der Waals surface area contributed by atoms with Gasteiger partial charge in [0.05, 0.1) is 23.3 Å². The second-order valence-corrected chi connectivity index (χ2v) is 14.6. The van der Waals surface area contributed by atoms with Gasteiger partial charge in [-0.3, -0.25) is 19.7 Å². The third kappa shape index (κ3) is 6.89. The molecular weight excluding hydrogens is 749 g/mol. The van der Waals surface area contributed by atoms with Crippen LogP contribution in [0.4, 0.5) is 0 Å². The molecule has 0 amide bonds. The van der Waals surface area contributed by atoms with Crippen molar-refractivity contribution in [3.05, 3.63) is 125 Å². The Kier molecular flexibility index (Phi) is 10.0. The van der Waals surface area contributed by atoms with Gasteiger partial charge in [0.25, 0.3) is 0 Å². The zero-order valence-corrected chi connectivity index (χ0v) is 29.2. The summed E-state index contributed by atoms with van der Waals surface area (Å²) in [7, 11) is 0. The van der Waals surface area contributed by atoms with Gasteiger partial charge in [-0.25, -0.2) is 0 Å². The molecule has 228 valence electrons. The first-order valence-electron chi connectivity index (χ1n) is 14.6. The van der Waals surface area contributed by atoms with Crippen LogP contribution in [0, 0.1) is 5.92 Å². The van der Waals surface area contributed by atoms with Crippen molar-refractivity contribution in [2.45, 2.75) is 49.9 Å². The fourth-order valence-corrected chi connectivity index (χ4v) is 8.12. The lowest BCUT2D eigenvalue weighted by molar-refractivity contribution is -0.143. The van der Waals surface area contributed by atoms with E-state index in [1.807, 2.05) is 30.5 Å².